The van der Waals surface area contributed by atoms with E-state index in [1.165, 1.54) is 16.8 Å². The Morgan fingerprint density at radius 3 is 2.48 bits per heavy atom. The van der Waals surface area contributed by atoms with Gasteiger partial charge in [-0.25, -0.2) is 9.07 Å². The molecule has 1 aliphatic heterocycles. The Morgan fingerprint density at radius 2 is 1.71 bits per heavy atom. The normalized spacial score (nSPS) is 14.4. The third-order valence-electron chi connectivity index (χ3n) is 6.02. The van der Waals surface area contributed by atoms with Gasteiger partial charge in [0.1, 0.15) is 17.9 Å². The Hall–Kier alpha value is -3.48. The smallest absolute Gasteiger partial charge is 0.291 e. The fourth-order valence-corrected chi connectivity index (χ4v) is 4.41. The second-order valence-electron chi connectivity index (χ2n) is 8.04. The highest BCUT2D eigenvalue weighted by atomic mass is 19.1. The SMILES string of the molecule is O=C(Cn1ncc2c3ccccc3n(Cc3ccc(F)cc3)c2c1=O)N1CCCCC1. The molecule has 7 heteroatoms. The first-order valence-corrected chi connectivity index (χ1v) is 10.6. The first kappa shape index (κ1) is 19.5. The minimum atomic E-state index is -0.297. The van der Waals surface area contributed by atoms with Crippen LogP contribution in [0.1, 0.15) is 24.8 Å². The van der Waals surface area contributed by atoms with E-state index in [1.54, 1.807) is 18.3 Å². The molecule has 0 unspecified atom stereocenters. The molecule has 0 N–H and O–H groups in total. The molecule has 1 amide bonds. The Morgan fingerprint density at radius 1 is 0.968 bits per heavy atom. The van der Waals surface area contributed by atoms with E-state index in [4.69, 9.17) is 0 Å². The zero-order valence-corrected chi connectivity index (χ0v) is 17.1. The molecule has 3 heterocycles. The molecule has 0 saturated carbocycles. The van der Waals surface area contributed by atoms with Gasteiger partial charge in [-0.15, -0.1) is 0 Å². The molecule has 0 spiro atoms. The minimum absolute atomic E-state index is 0.0627. The summed E-state index contributed by atoms with van der Waals surface area (Å²) in [6.45, 7) is 1.83. The quantitative estimate of drug-likeness (QED) is 0.509. The summed E-state index contributed by atoms with van der Waals surface area (Å²) in [5.74, 6) is -0.372. The zero-order valence-electron chi connectivity index (χ0n) is 17.1. The van der Waals surface area contributed by atoms with E-state index in [0.29, 0.717) is 12.1 Å². The number of fused-ring (bicyclic) bond motifs is 3. The number of aromatic nitrogens is 3. The fraction of sp³-hybridized carbons (Fsp3) is 0.292. The molecule has 31 heavy (non-hydrogen) atoms. The summed E-state index contributed by atoms with van der Waals surface area (Å²) in [6.07, 6.45) is 4.80. The molecule has 1 fully saturated rings. The molecule has 2 aromatic carbocycles. The van der Waals surface area contributed by atoms with Crippen molar-refractivity contribution >= 4 is 27.7 Å². The van der Waals surface area contributed by atoms with Crippen molar-refractivity contribution in [1.82, 2.24) is 19.2 Å². The molecule has 2 aromatic heterocycles. The van der Waals surface area contributed by atoms with E-state index in [2.05, 4.69) is 5.10 Å². The average Bonchev–Trinajstić information content (AvgIpc) is 3.12. The molecule has 4 aromatic rings. The summed E-state index contributed by atoms with van der Waals surface area (Å²) in [5.41, 5.74) is 2.00. The van der Waals surface area contributed by atoms with Crippen molar-refractivity contribution in [2.75, 3.05) is 13.1 Å². The summed E-state index contributed by atoms with van der Waals surface area (Å²) in [5, 5.41) is 6.00. The van der Waals surface area contributed by atoms with Crippen LogP contribution in [0.15, 0.2) is 59.5 Å². The molecular weight excluding hydrogens is 395 g/mol. The largest absolute Gasteiger partial charge is 0.341 e. The number of benzene rings is 2. The molecule has 0 aliphatic carbocycles. The summed E-state index contributed by atoms with van der Waals surface area (Å²) in [4.78, 5) is 28.0. The topological polar surface area (TPSA) is 60.1 Å². The summed E-state index contributed by atoms with van der Waals surface area (Å²) < 4.78 is 16.6. The second kappa shape index (κ2) is 7.98. The Bertz CT molecular complexity index is 1320. The van der Waals surface area contributed by atoms with E-state index in [0.717, 1.165) is 54.2 Å². The number of hydrogen-bond acceptors (Lipinski definition) is 3. The van der Waals surface area contributed by atoms with Crippen LogP contribution >= 0.6 is 0 Å². The van der Waals surface area contributed by atoms with Gasteiger partial charge in [0.15, 0.2) is 0 Å². The van der Waals surface area contributed by atoms with Crippen molar-refractivity contribution in [2.45, 2.75) is 32.4 Å². The van der Waals surface area contributed by atoms with Crippen LogP contribution in [0.2, 0.25) is 0 Å². The number of carbonyl (C=O) groups is 1. The summed E-state index contributed by atoms with van der Waals surface area (Å²) >= 11 is 0. The highest BCUT2D eigenvalue weighted by Gasteiger charge is 2.20. The van der Waals surface area contributed by atoms with Gasteiger partial charge in [-0.1, -0.05) is 30.3 Å². The number of amides is 1. The molecule has 158 valence electrons. The highest BCUT2D eigenvalue weighted by molar-refractivity contribution is 6.07. The molecule has 1 saturated heterocycles. The van der Waals surface area contributed by atoms with Gasteiger partial charge < -0.3 is 9.47 Å². The lowest BCUT2D eigenvalue weighted by Crippen LogP contribution is -2.40. The maximum Gasteiger partial charge on any atom is 0.291 e. The molecule has 0 atom stereocenters. The van der Waals surface area contributed by atoms with Crippen molar-refractivity contribution in [3.63, 3.8) is 0 Å². The summed E-state index contributed by atoms with van der Waals surface area (Å²) in [7, 11) is 0. The van der Waals surface area contributed by atoms with E-state index >= 15 is 0 Å². The third kappa shape index (κ3) is 3.60. The van der Waals surface area contributed by atoms with Gasteiger partial charge in [0.25, 0.3) is 5.56 Å². The number of rotatable bonds is 4. The number of nitrogens with zero attached hydrogens (tertiary/aromatic N) is 4. The molecule has 0 radical (unpaired) electrons. The molecule has 1 aliphatic rings. The molecular formula is C24H23FN4O2. The first-order valence-electron chi connectivity index (χ1n) is 10.6. The molecule has 5 rings (SSSR count). The Kier molecular flexibility index (Phi) is 5.02. The van der Waals surface area contributed by atoms with Crippen molar-refractivity contribution < 1.29 is 9.18 Å². The average molecular weight is 418 g/mol. The van der Waals surface area contributed by atoms with Crippen LogP contribution in [-0.2, 0) is 17.9 Å². The molecule has 0 bridgehead atoms. The van der Waals surface area contributed by atoms with Crippen molar-refractivity contribution in [3.05, 3.63) is 76.5 Å². The lowest BCUT2D eigenvalue weighted by atomic mass is 10.1. The van der Waals surface area contributed by atoms with Crippen LogP contribution in [0.5, 0.6) is 0 Å². The van der Waals surface area contributed by atoms with Gasteiger partial charge in [0.05, 0.1) is 6.20 Å². The summed E-state index contributed by atoms with van der Waals surface area (Å²) in [6, 6.07) is 14.0. The van der Waals surface area contributed by atoms with Crippen LogP contribution in [0.4, 0.5) is 4.39 Å². The van der Waals surface area contributed by atoms with Crippen LogP contribution in [-0.4, -0.2) is 38.2 Å². The number of para-hydroxylation sites is 1. The van der Waals surface area contributed by atoms with E-state index < -0.39 is 0 Å². The van der Waals surface area contributed by atoms with E-state index in [-0.39, 0.29) is 23.8 Å². The van der Waals surface area contributed by atoms with Crippen LogP contribution < -0.4 is 5.56 Å². The standard InChI is InChI=1S/C24H23FN4O2/c25-18-10-8-17(9-11-18)15-28-21-7-3-2-6-19(21)20-14-26-29(24(31)23(20)28)16-22(30)27-12-4-1-5-13-27/h2-3,6-11,14H,1,4-5,12-13,15-16H2. The van der Waals surface area contributed by atoms with Gasteiger partial charge in [-0.3, -0.25) is 9.59 Å². The number of likely N-dealkylation sites (tertiary alicyclic amines) is 1. The van der Waals surface area contributed by atoms with Gasteiger partial charge in [0.2, 0.25) is 5.91 Å². The van der Waals surface area contributed by atoms with Crippen LogP contribution in [0.25, 0.3) is 21.8 Å². The number of carbonyl (C=O) groups excluding carboxylic acids is 1. The fourth-order valence-electron chi connectivity index (χ4n) is 4.41. The van der Waals surface area contributed by atoms with Crippen molar-refractivity contribution in [2.24, 2.45) is 0 Å². The van der Waals surface area contributed by atoms with E-state index in [9.17, 15) is 14.0 Å². The minimum Gasteiger partial charge on any atom is -0.341 e. The Balaban J connectivity index is 1.60. The van der Waals surface area contributed by atoms with Gasteiger partial charge in [-0.2, -0.15) is 5.10 Å². The second-order valence-corrected chi connectivity index (χ2v) is 8.04. The van der Waals surface area contributed by atoms with Crippen LogP contribution in [0.3, 0.4) is 0 Å². The predicted molar refractivity (Wildman–Crippen MR) is 117 cm³/mol. The predicted octanol–water partition coefficient (Wildman–Crippen LogP) is 3.55. The van der Waals surface area contributed by atoms with Gasteiger partial charge >= 0.3 is 0 Å². The van der Waals surface area contributed by atoms with Crippen molar-refractivity contribution in [1.29, 1.82) is 0 Å². The van der Waals surface area contributed by atoms with Gasteiger partial charge in [-0.05, 0) is 43.0 Å². The zero-order chi connectivity index (χ0) is 21.4. The van der Waals surface area contributed by atoms with Gasteiger partial charge in [0, 0.05) is 35.9 Å². The maximum absolute atomic E-state index is 13.4. The van der Waals surface area contributed by atoms with E-state index in [1.807, 2.05) is 33.7 Å². The third-order valence-corrected chi connectivity index (χ3v) is 6.02. The molecule has 6 nitrogen and oxygen atoms in total. The number of halogens is 1. The Labute approximate surface area is 178 Å². The number of hydrogen-bond donors (Lipinski definition) is 0. The lowest BCUT2D eigenvalue weighted by Gasteiger charge is -2.26. The monoisotopic (exact) mass is 418 g/mol. The van der Waals surface area contributed by atoms with Crippen molar-refractivity contribution in [3.8, 4) is 0 Å². The maximum atomic E-state index is 13.4. The highest BCUT2D eigenvalue weighted by Crippen LogP contribution is 2.27. The van der Waals surface area contributed by atoms with Crippen LogP contribution in [0, 0.1) is 5.82 Å². The number of piperidine rings is 1. The lowest BCUT2D eigenvalue weighted by molar-refractivity contribution is -0.133. The first-order chi connectivity index (χ1) is 15.1.